The van der Waals surface area contributed by atoms with E-state index in [0.29, 0.717) is 5.56 Å². The molecule has 1 aliphatic heterocycles. The fraction of sp³-hybridized carbons (Fsp3) is 0.500. The van der Waals surface area contributed by atoms with Crippen LogP contribution in [0.1, 0.15) is 46.8 Å². The number of aromatic carboxylic acids is 1. The SMILES string of the molecule is Cc1cc(C)c(C2(C)CCCN2)cc1C(=O)O. The molecule has 3 heteroatoms. The molecule has 0 saturated carbocycles. The van der Waals surface area contributed by atoms with Gasteiger partial charge in [-0.25, -0.2) is 4.79 Å². The summed E-state index contributed by atoms with van der Waals surface area (Å²) in [6, 6.07) is 3.81. The van der Waals surface area contributed by atoms with Crippen LogP contribution in [0.3, 0.4) is 0 Å². The molecular weight excluding hydrogens is 214 g/mol. The number of carboxylic acid groups (broad SMARTS) is 1. The van der Waals surface area contributed by atoms with Gasteiger partial charge in [-0.15, -0.1) is 0 Å². The van der Waals surface area contributed by atoms with Gasteiger partial charge in [0.1, 0.15) is 0 Å². The summed E-state index contributed by atoms with van der Waals surface area (Å²) < 4.78 is 0. The number of hydrogen-bond acceptors (Lipinski definition) is 2. The number of carbonyl (C=O) groups is 1. The Morgan fingerprint density at radius 1 is 1.35 bits per heavy atom. The lowest BCUT2D eigenvalue weighted by Crippen LogP contribution is -2.34. The predicted octanol–water partition coefficient (Wildman–Crippen LogP) is 2.60. The van der Waals surface area contributed by atoms with Crippen molar-refractivity contribution in [2.75, 3.05) is 6.54 Å². The molecule has 0 amide bonds. The van der Waals surface area contributed by atoms with Gasteiger partial charge in [-0.3, -0.25) is 0 Å². The van der Waals surface area contributed by atoms with E-state index in [1.165, 1.54) is 5.56 Å². The maximum absolute atomic E-state index is 11.2. The Kier molecular flexibility index (Phi) is 2.96. The lowest BCUT2D eigenvalue weighted by Gasteiger charge is -2.27. The summed E-state index contributed by atoms with van der Waals surface area (Å²) in [6.07, 6.45) is 2.21. The van der Waals surface area contributed by atoms with Crippen molar-refractivity contribution >= 4 is 5.97 Å². The smallest absolute Gasteiger partial charge is 0.335 e. The second kappa shape index (κ2) is 4.15. The Morgan fingerprint density at radius 2 is 2.06 bits per heavy atom. The minimum atomic E-state index is -0.842. The summed E-state index contributed by atoms with van der Waals surface area (Å²) in [5.41, 5.74) is 3.48. The quantitative estimate of drug-likeness (QED) is 0.825. The zero-order chi connectivity index (χ0) is 12.6. The molecule has 92 valence electrons. The van der Waals surface area contributed by atoms with Crippen molar-refractivity contribution in [1.82, 2.24) is 5.32 Å². The molecule has 1 aromatic carbocycles. The van der Waals surface area contributed by atoms with Gasteiger partial charge in [-0.1, -0.05) is 6.07 Å². The summed E-state index contributed by atoms with van der Waals surface area (Å²) in [7, 11) is 0. The Labute approximate surface area is 102 Å². The van der Waals surface area contributed by atoms with E-state index in [9.17, 15) is 9.90 Å². The molecule has 1 unspecified atom stereocenters. The highest BCUT2D eigenvalue weighted by molar-refractivity contribution is 5.89. The summed E-state index contributed by atoms with van der Waals surface area (Å²) in [5.74, 6) is -0.842. The van der Waals surface area contributed by atoms with Crippen LogP contribution in [0.15, 0.2) is 12.1 Å². The molecule has 1 aliphatic rings. The average molecular weight is 233 g/mol. The van der Waals surface area contributed by atoms with Gasteiger partial charge in [-0.05, 0) is 62.9 Å². The third-order valence-electron chi connectivity index (χ3n) is 3.76. The van der Waals surface area contributed by atoms with Crippen molar-refractivity contribution in [3.63, 3.8) is 0 Å². The molecule has 0 bridgehead atoms. The number of aryl methyl sites for hydroxylation is 2. The third-order valence-corrected chi connectivity index (χ3v) is 3.76. The molecule has 17 heavy (non-hydrogen) atoms. The largest absolute Gasteiger partial charge is 0.478 e. The highest BCUT2D eigenvalue weighted by Crippen LogP contribution is 2.33. The number of rotatable bonds is 2. The van der Waals surface area contributed by atoms with Crippen molar-refractivity contribution in [3.8, 4) is 0 Å². The first-order chi connectivity index (χ1) is 7.94. The van der Waals surface area contributed by atoms with Gasteiger partial charge >= 0.3 is 5.97 Å². The standard InChI is InChI=1S/C14H19NO2/c1-9-7-10(2)12(8-11(9)13(16)17)14(3)5-4-6-15-14/h7-8,15H,4-6H2,1-3H3,(H,16,17). The van der Waals surface area contributed by atoms with Crippen LogP contribution in [0, 0.1) is 13.8 Å². The summed E-state index contributed by atoms with van der Waals surface area (Å²) in [4.78, 5) is 11.2. The van der Waals surface area contributed by atoms with Crippen LogP contribution >= 0.6 is 0 Å². The van der Waals surface area contributed by atoms with E-state index in [1.54, 1.807) is 0 Å². The van der Waals surface area contributed by atoms with E-state index in [0.717, 1.165) is 30.5 Å². The van der Waals surface area contributed by atoms with E-state index in [2.05, 4.69) is 19.2 Å². The van der Waals surface area contributed by atoms with Crippen LogP contribution in [-0.2, 0) is 5.54 Å². The van der Waals surface area contributed by atoms with E-state index in [4.69, 9.17) is 0 Å². The molecule has 0 aromatic heterocycles. The molecule has 2 rings (SSSR count). The first kappa shape index (κ1) is 12.1. The molecule has 1 aromatic rings. The molecule has 3 nitrogen and oxygen atoms in total. The number of hydrogen-bond donors (Lipinski definition) is 2. The van der Waals surface area contributed by atoms with E-state index < -0.39 is 5.97 Å². The minimum absolute atomic E-state index is 0.0675. The minimum Gasteiger partial charge on any atom is -0.478 e. The zero-order valence-electron chi connectivity index (χ0n) is 10.6. The number of carboxylic acids is 1. The van der Waals surface area contributed by atoms with Crippen molar-refractivity contribution < 1.29 is 9.90 Å². The first-order valence-electron chi connectivity index (χ1n) is 6.04. The molecular formula is C14H19NO2. The van der Waals surface area contributed by atoms with E-state index >= 15 is 0 Å². The third kappa shape index (κ3) is 2.07. The fourth-order valence-corrected chi connectivity index (χ4v) is 2.80. The lowest BCUT2D eigenvalue weighted by molar-refractivity contribution is 0.0696. The maximum atomic E-state index is 11.2. The second-order valence-electron chi connectivity index (χ2n) is 5.15. The maximum Gasteiger partial charge on any atom is 0.335 e. The summed E-state index contributed by atoms with van der Waals surface area (Å²) in [5, 5.41) is 12.7. The van der Waals surface area contributed by atoms with E-state index in [1.807, 2.05) is 19.1 Å². The summed E-state index contributed by atoms with van der Waals surface area (Å²) >= 11 is 0. The molecule has 1 heterocycles. The molecule has 1 atom stereocenters. The van der Waals surface area contributed by atoms with Crippen LogP contribution in [-0.4, -0.2) is 17.6 Å². The molecule has 1 fully saturated rings. The lowest BCUT2D eigenvalue weighted by atomic mass is 9.85. The van der Waals surface area contributed by atoms with Gasteiger partial charge in [0, 0.05) is 5.54 Å². The van der Waals surface area contributed by atoms with Gasteiger partial charge < -0.3 is 10.4 Å². The highest BCUT2D eigenvalue weighted by atomic mass is 16.4. The molecule has 2 N–H and O–H groups in total. The number of nitrogens with one attached hydrogen (secondary N) is 1. The Morgan fingerprint density at radius 3 is 2.59 bits per heavy atom. The van der Waals surface area contributed by atoms with Crippen LogP contribution in [0.5, 0.6) is 0 Å². The van der Waals surface area contributed by atoms with Crippen molar-refractivity contribution in [3.05, 3.63) is 34.4 Å². The molecule has 0 radical (unpaired) electrons. The molecule has 1 saturated heterocycles. The Balaban J connectivity index is 2.54. The highest BCUT2D eigenvalue weighted by Gasteiger charge is 2.32. The predicted molar refractivity (Wildman–Crippen MR) is 67.5 cm³/mol. The second-order valence-corrected chi connectivity index (χ2v) is 5.15. The van der Waals surface area contributed by atoms with Crippen LogP contribution < -0.4 is 5.32 Å². The van der Waals surface area contributed by atoms with Crippen LogP contribution in [0.25, 0.3) is 0 Å². The topological polar surface area (TPSA) is 49.3 Å². The molecule has 0 spiro atoms. The zero-order valence-corrected chi connectivity index (χ0v) is 10.6. The van der Waals surface area contributed by atoms with Gasteiger partial charge in [0.05, 0.1) is 5.56 Å². The van der Waals surface area contributed by atoms with Crippen molar-refractivity contribution in [1.29, 1.82) is 0 Å². The fourth-order valence-electron chi connectivity index (χ4n) is 2.80. The van der Waals surface area contributed by atoms with Crippen LogP contribution in [0.2, 0.25) is 0 Å². The van der Waals surface area contributed by atoms with Gasteiger partial charge in [-0.2, -0.15) is 0 Å². The van der Waals surface area contributed by atoms with Crippen LogP contribution in [0.4, 0.5) is 0 Å². The number of benzene rings is 1. The molecule has 0 aliphatic carbocycles. The van der Waals surface area contributed by atoms with E-state index in [-0.39, 0.29) is 5.54 Å². The monoisotopic (exact) mass is 233 g/mol. The summed E-state index contributed by atoms with van der Waals surface area (Å²) in [6.45, 7) is 7.07. The Bertz CT molecular complexity index is 460. The van der Waals surface area contributed by atoms with Gasteiger partial charge in [0.15, 0.2) is 0 Å². The first-order valence-corrected chi connectivity index (χ1v) is 6.04. The van der Waals surface area contributed by atoms with Crippen molar-refractivity contribution in [2.24, 2.45) is 0 Å². The van der Waals surface area contributed by atoms with Gasteiger partial charge in [0.25, 0.3) is 0 Å². The normalized spacial score (nSPS) is 23.9. The van der Waals surface area contributed by atoms with Gasteiger partial charge in [0.2, 0.25) is 0 Å². The van der Waals surface area contributed by atoms with Crippen molar-refractivity contribution in [2.45, 2.75) is 39.2 Å². The average Bonchev–Trinajstić information content (AvgIpc) is 2.65. The Hall–Kier alpha value is -1.35.